The number of aryl methyl sites for hydroxylation is 1. The number of hydrogen-bond acceptors (Lipinski definition) is 4. The molecule has 0 fully saturated rings. The predicted octanol–water partition coefficient (Wildman–Crippen LogP) is 2.37. The summed E-state index contributed by atoms with van der Waals surface area (Å²) in [4.78, 5) is 0. The van der Waals surface area contributed by atoms with Gasteiger partial charge >= 0.3 is 0 Å². The molecule has 0 radical (unpaired) electrons. The van der Waals surface area contributed by atoms with Crippen LogP contribution in [-0.4, -0.2) is 16.9 Å². The minimum Gasteiger partial charge on any atom is -0.493 e. The van der Waals surface area contributed by atoms with Gasteiger partial charge in [0.2, 0.25) is 0 Å². The summed E-state index contributed by atoms with van der Waals surface area (Å²) < 4.78 is 21.8. The van der Waals surface area contributed by atoms with Crippen molar-refractivity contribution in [3.05, 3.63) is 45.9 Å². The second-order valence-corrected chi connectivity index (χ2v) is 5.00. The van der Waals surface area contributed by atoms with Crippen molar-refractivity contribution >= 4 is 15.9 Å². The van der Waals surface area contributed by atoms with Crippen molar-refractivity contribution < 1.29 is 9.13 Å². The molecule has 0 saturated carbocycles. The van der Waals surface area contributed by atoms with Crippen LogP contribution >= 0.6 is 15.9 Å². The summed E-state index contributed by atoms with van der Waals surface area (Å²) in [6.07, 6.45) is 1.60. The predicted molar refractivity (Wildman–Crippen MR) is 77.7 cm³/mol. The highest BCUT2D eigenvalue weighted by Crippen LogP contribution is 2.34. The van der Waals surface area contributed by atoms with E-state index < -0.39 is 6.04 Å². The highest BCUT2D eigenvalue weighted by atomic mass is 79.9. The summed E-state index contributed by atoms with van der Waals surface area (Å²) in [5.41, 5.74) is 3.74. The van der Waals surface area contributed by atoms with Crippen molar-refractivity contribution in [2.45, 2.75) is 19.5 Å². The Hall–Kier alpha value is -1.44. The number of hydrazine groups is 1. The molecule has 108 valence electrons. The molecule has 0 bridgehead atoms. The van der Waals surface area contributed by atoms with Crippen LogP contribution in [0.25, 0.3) is 0 Å². The van der Waals surface area contributed by atoms with Crippen LogP contribution in [0.2, 0.25) is 0 Å². The Balaban J connectivity index is 2.61. The van der Waals surface area contributed by atoms with E-state index in [0.717, 1.165) is 0 Å². The SMILES string of the molecule is CCn1ncc(OC)c1C(NN)c1c(F)cccc1Br. The topological polar surface area (TPSA) is 65.1 Å². The van der Waals surface area contributed by atoms with Crippen LogP contribution in [0.1, 0.15) is 24.2 Å². The van der Waals surface area contributed by atoms with Crippen LogP contribution in [0.3, 0.4) is 0 Å². The summed E-state index contributed by atoms with van der Waals surface area (Å²) in [5, 5.41) is 4.22. The first-order valence-corrected chi connectivity index (χ1v) is 6.93. The van der Waals surface area contributed by atoms with Gasteiger partial charge in [0.1, 0.15) is 11.5 Å². The van der Waals surface area contributed by atoms with Crippen LogP contribution in [0.5, 0.6) is 5.75 Å². The van der Waals surface area contributed by atoms with Crippen LogP contribution in [0.15, 0.2) is 28.9 Å². The number of rotatable bonds is 5. The molecule has 1 heterocycles. The van der Waals surface area contributed by atoms with Gasteiger partial charge in [-0.25, -0.2) is 9.82 Å². The first-order valence-electron chi connectivity index (χ1n) is 6.13. The second-order valence-electron chi connectivity index (χ2n) is 4.15. The fraction of sp³-hybridized carbons (Fsp3) is 0.308. The first kappa shape index (κ1) is 15.0. The number of halogens is 2. The van der Waals surface area contributed by atoms with Crippen molar-refractivity contribution in [1.82, 2.24) is 15.2 Å². The second kappa shape index (κ2) is 6.34. The maximum Gasteiger partial charge on any atom is 0.161 e. The molecule has 1 aromatic heterocycles. The van der Waals surface area contributed by atoms with Gasteiger partial charge in [-0.1, -0.05) is 22.0 Å². The molecule has 0 aliphatic heterocycles. The Labute approximate surface area is 125 Å². The average Bonchev–Trinajstić information content (AvgIpc) is 2.85. The number of hydrogen-bond donors (Lipinski definition) is 2. The smallest absolute Gasteiger partial charge is 0.161 e. The van der Waals surface area contributed by atoms with E-state index in [4.69, 9.17) is 10.6 Å². The van der Waals surface area contributed by atoms with E-state index in [1.54, 1.807) is 30.1 Å². The third-order valence-corrected chi connectivity index (χ3v) is 3.78. The van der Waals surface area contributed by atoms with E-state index in [9.17, 15) is 4.39 Å². The number of nitrogens with one attached hydrogen (secondary N) is 1. The molecule has 2 rings (SSSR count). The summed E-state index contributed by atoms with van der Waals surface area (Å²) in [6, 6.07) is 4.22. The lowest BCUT2D eigenvalue weighted by molar-refractivity contribution is 0.397. The monoisotopic (exact) mass is 342 g/mol. The molecule has 1 unspecified atom stereocenters. The molecule has 1 aromatic carbocycles. The molecule has 3 N–H and O–H groups in total. The van der Waals surface area contributed by atoms with Crippen molar-refractivity contribution in [2.24, 2.45) is 5.84 Å². The fourth-order valence-electron chi connectivity index (χ4n) is 2.16. The van der Waals surface area contributed by atoms with Crippen molar-refractivity contribution in [1.29, 1.82) is 0 Å². The molecular formula is C13H16BrFN4O. The molecule has 0 aliphatic carbocycles. The van der Waals surface area contributed by atoms with Gasteiger partial charge < -0.3 is 4.74 Å². The van der Waals surface area contributed by atoms with Gasteiger partial charge in [0, 0.05) is 16.6 Å². The number of ether oxygens (including phenoxy) is 1. The summed E-state index contributed by atoms with van der Waals surface area (Å²) in [7, 11) is 1.55. The van der Waals surface area contributed by atoms with Crippen LogP contribution in [0.4, 0.5) is 4.39 Å². The molecule has 5 nitrogen and oxygen atoms in total. The number of benzene rings is 1. The molecule has 0 saturated heterocycles. The molecule has 20 heavy (non-hydrogen) atoms. The molecule has 0 amide bonds. The Morgan fingerprint density at radius 1 is 1.55 bits per heavy atom. The van der Waals surface area contributed by atoms with Crippen LogP contribution in [0, 0.1) is 5.82 Å². The third-order valence-electron chi connectivity index (χ3n) is 3.09. The molecular weight excluding hydrogens is 327 g/mol. The van der Waals surface area contributed by atoms with E-state index in [-0.39, 0.29) is 5.82 Å². The number of aromatic nitrogens is 2. The van der Waals surface area contributed by atoms with Crippen LogP contribution < -0.4 is 16.0 Å². The van der Waals surface area contributed by atoms with Gasteiger partial charge in [-0.15, -0.1) is 0 Å². The molecule has 2 aromatic rings. The zero-order valence-electron chi connectivity index (χ0n) is 11.2. The number of methoxy groups -OCH3 is 1. The molecule has 1 atom stereocenters. The molecule has 0 aliphatic rings. The Morgan fingerprint density at radius 2 is 2.30 bits per heavy atom. The van der Waals surface area contributed by atoms with Crippen molar-refractivity contribution in [3.8, 4) is 5.75 Å². The summed E-state index contributed by atoms with van der Waals surface area (Å²) in [6.45, 7) is 2.57. The van der Waals surface area contributed by atoms with Gasteiger partial charge in [0.05, 0.1) is 19.3 Å². The average molecular weight is 343 g/mol. The van der Waals surface area contributed by atoms with Crippen molar-refractivity contribution in [3.63, 3.8) is 0 Å². The van der Waals surface area contributed by atoms with Gasteiger partial charge in [-0.3, -0.25) is 10.5 Å². The van der Waals surface area contributed by atoms with Gasteiger partial charge in [-0.05, 0) is 19.1 Å². The van der Waals surface area contributed by atoms with E-state index >= 15 is 0 Å². The van der Waals surface area contributed by atoms with Crippen LogP contribution in [-0.2, 0) is 6.54 Å². The minimum absolute atomic E-state index is 0.353. The number of nitrogens with two attached hydrogens (primary N) is 1. The number of nitrogens with zero attached hydrogens (tertiary/aromatic N) is 2. The Morgan fingerprint density at radius 3 is 2.85 bits per heavy atom. The van der Waals surface area contributed by atoms with Gasteiger partial charge in [-0.2, -0.15) is 5.10 Å². The summed E-state index contributed by atoms with van der Waals surface area (Å²) in [5.74, 6) is 5.85. The minimum atomic E-state index is -0.567. The summed E-state index contributed by atoms with van der Waals surface area (Å²) >= 11 is 3.36. The Kier molecular flexibility index (Phi) is 4.74. The third kappa shape index (κ3) is 2.56. The first-order chi connectivity index (χ1) is 9.63. The fourth-order valence-corrected chi connectivity index (χ4v) is 2.73. The highest BCUT2D eigenvalue weighted by molar-refractivity contribution is 9.10. The quantitative estimate of drug-likeness (QED) is 0.646. The lowest BCUT2D eigenvalue weighted by Gasteiger charge is -2.20. The van der Waals surface area contributed by atoms with Crippen molar-refractivity contribution in [2.75, 3.05) is 7.11 Å². The maximum absolute atomic E-state index is 14.2. The lowest BCUT2D eigenvalue weighted by atomic mass is 10.0. The zero-order valence-corrected chi connectivity index (χ0v) is 12.8. The van der Waals surface area contributed by atoms with Gasteiger partial charge in [0.15, 0.2) is 5.75 Å². The lowest BCUT2D eigenvalue weighted by Crippen LogP contribution is -2.32. The normalized spacial score (nSPS) is 12.4. The van der Waals surface area contributed by atoms with E-state index in [1.165, 1.54) is 6.07 Å². The van der Waals surface area contributed by atoms with Gasteiger partial charge in [0.25, 0.3) is 0 Å². The molecule has 0 spiro atoms. The largest absolute Gasteiger partial charge is 0.493 e. The van der Waals surface area contributed by atoms with E-state index in [0.29, 0.717) is 28.0 Å². The molecule has 7 heteroatoms. The van der Waals surface area contributed by atoms with E-state index in [2.05, 4.69) is 26.5 Å². The maximum atomic E-state index is 14.2. The zero-order chi connectivity index (χ0) is 14.7. The standard InChI is InChI=1S/C13H16BrFN4O/c1-3-19-13(10(20-2)7-17-19)12(18-16)11-8(14)5-4-6-9(11)15/h4-7,12,18H,3,16H2,1-2H3. The highest BCUT2D eigenvalue weighted by Gasteiger charge is 2.26. The van der Waals surface area contributed by atoms with E-state index in [1.807, 2.05) is 6.92 Å². The Bertz CT molecular complexity index is 560.